The minimum absolute atomic E-state index is 0.113. The zero-order valence-corrected chi connectivity index (χ0v) is 15.7. The van der Waals surface area contributed by atoms with Crippen LogP contribution in [0, 0.1) is 0 Å². The molecule has 5 aromatic rings. The molecular formula is C24H16N2OS. The lowest BCUT2D eigenvalue weighted by molar-refractivity contribution is 0.102. The number of nitrogens with zero attached hydrogens (tertiary/aromatic N) is 1. The maximum Gasteiger partial charge on any atom is 0.256 e. The van der Waals surface area contributed by atoms with Gasteiger partial charge in [0.1, 0.15) is 5.01 Å². The fraction of sp³-hybridized carbons (Fsp3) is 0. The number of rotatable bonds is 3. The Kier molecular flexibility index (Phi) is 4.11. The third kappa shape index (κ3) is 3.04. The third-order valence-corrected chi connectivity index (χ3v) is 5.78. The van der Waals surface area contributed by atoms with E-state index in [-0.39, 0.29) is 5.91 Å². The number of nitrogens with one attached hydrogen (secondary N) is 1. The van der Waals surface area contributed by atoms with Crippen LogP contribution in [-0.4, -0.2) is 10.9 Å². The van der Waals surface area contributed by atoms with Gasteiger partial charge in [-0.2, -0.15) is 0 Å². The largest absolute Gasteiger partial charge is 0.322 e. The fourth-order valence-electron chi connectivity index (χ4n) is 3.35. The summed E-state index contributed by atoms with van der Waals surface area (Å²) in [6, 6.07) is 29.6. The van der Waals surface area contributed by atoms with Crippen molar-refractivity contribution in [3.63, 3.8) is 0 Å². The molecule has 0 saturated heterocycles. The molecule has 0 aliphatic heterocycles. The summed E-state index contributed by atoms with van der Waals surface area (Å²) >= 11 is 1.65. The first-order chi connectivity index (χ1) is 13.8. The lowest BCUT2D eigenvalue weighted by atomic mass is 10.0. The topological polar surface area (TPSA) is 42.0 Å². The molecule has 134 valence electrons. The molecule has 1 N–H and O–H groups in total. The number of fused-ring (bicyclic) bond motifs is 2. The van der Waals surface area contributed by atoms with E-state index in [0.717, 1.165) is 37.2 Å². The number of para-hydroxylation sites is 1. The van der Waals surface area contributed by atoms with Gasteiger partial charge in [-0.1, -0.05) is 60.7 Å². The molecule has 0 aliphatic rings. The summed E-state index contributed by atoms with van der Waals surface area (Å²) in [4.78, 5) is 17.6. The van der Waals surface area contributed by atoms with E-state index in [1.165, 1.54) is 0 Å². The standard InChI is InChI=1S/C24H16N2OS/c27-23(20-12-6-8-16-7-1-2-11-19(16)20)25-18-10-5-9-17(15-18)24-26-21-13-3-4-14-22(21)28-24/h1-15H,(H,25,27). The molecule has 28 heavy (non-hydrogen) atoms. The van der Waals surface area contributed by atoms with Gasteiger partial charge < -0.3 is 5.32 Å². The highest BCUT2D eigenvalue weighted by atomic mass is 32.1. The molecule has 4 heteroatoms. The fourth-order valence-corrected chi connectivity index (χ4v) is 4.31. The molecule has 0 fully saturated rings. The van der Waals surface area contributed by atoms with E-state index >= 15 is 0 Å². The number of thiazole rings is 1. The van der Waals surface area contributed by atoms with Crippen molar-refractivity contribution in [3.05, 3.63) is 96.6 Å². The van der Waals surface area contributed by atoms with Crippen molar-refractivity contribution in [2.45, 2.75) is 0 Å². The summed E-state index contributed by atoms with van der Waals surface area (Å²) in [7, 11) is 0. The number of hydrogen-bond donors (Lipinski definition) is 1. The molecule has 0 atom stereocenters. The highest BCUT2D eigenvalue weighted by molar-refractivity contribution is 7.21. The van der Waals surface area contributed by atoms with Gasteiger partial charge in [0.15, 0.2) is 0 Å². The smallest absolute Gasteiger partial charge is 0.256 e. The lowest BCUT2D eigenvalue weighted by Gasteiger charge is -2.09. The number of carbonyl (C=O) groups is 1. The molecule has 4 aromatic carbocycles. The average molecular weight is 380 g/mol. The Labute approximate surface area is 166 Å². The van der Waals surface area contributed by atoms with Gasteiger partial charge >= 0.3 is 0 Å². The molecule has 0 spiro atoms. The summed E-state index contributed by atoms with van der Waals surface area (Å²) < 4.78 is 1.16. The minimum atomic E-state index is -0.113. The van der Waals surface area contributed by atoms with Gasteiger partial charge in [-0.3, -0.25) is 4.79 Å². The second-order valence-electron chi connectivity index (χ2n) is 6.55. The second kappa shape index (κ2) is 6.91. The van der Waals surface area contributed by atoms with Crippen molar-refractivity contribution in [1.82, 2.24) is 4.98 Å². The van der Waals surface area contributed by atoms with Crippen molar-refractivity contribution in [3.8, 4) is 10.6 Å². The Bertz CT molecular complexity index is 1280. The van der Waals surface area contributed by atoms with Crippen LogP contribution >= 0.6 is 11.3 Å². The zero-order chi connectivity index (χ0) is 18.9. The number of anilines is 1. The van der Waals surface area contributed by atoms with Crippen molar-refractivity contribution >= 4 is 43.9 Å². The number of benzene rings is 4. The molecule has 0 radical (unpaired) electrons. The second-order valence-corrected chi connectivity index (χ2v) is 7.58. The van der Waals surface area contributed by atoms with Crippen LogP contribution < -0.4 is 5.32 Å². The Balaban J connectivity index is 1.47. The van der Waals surface area contributed by atoms with Crippen LogP contribution in [0.15, 0.2) is 91.0 Å². The van der Waals surface area contributed by atoms with Gasteiger partial charge in [-0.05, 0) is 41.1 Å². The van der Waals surface area contributed by atoms with Gasteiger partial charge in [-0.25, -0.2) is 4.98 Å². The number of hydrogen-bond acceptors (Lipinski definition) is 3. The van der Waals surface area contributed by atoms with Crippen LogP contribution in [0.5, 0.6) is 0 Å². The predicted molar refractivity (Wildman–Crippen MR) is 117 cm³/mol. The monoisotopic (exact) mass is 380 g/mol. The van der Waals surface area contributed by atoms with Crippen LogP contribution in [0.3, 0.4) is 0 Å². The van der Waals surface area contributed by atoms with Crippen LogP contribution in [0.1, 0.15) is 10.4 Å². The van der Waals surface area contributed by atoms with E-state index in [2.05, 4.69) is 11.4 Å². The molecule has 3 nitrogen and oxygen atoms in total. The summed E-state index contributed by atoms with van der Waals surface area (Å²) in [5, 5.41) is 5.98. The minimum Gasteiger partial charge on any atom is -0.322 e. The van der Waals surface area contributed by atoms with Crippen molar-refractivity contribution in [2.24, 2.45) is 0 Å². The molecule has 5 rings (SSSR count). The van der Waals surface area contributed by atoms with E-state index < -0.39 is 0 Å². The normalized spacial score (nSPS) is 11.0. The molecule has 0 bridgehead atoms. The molecule has 0 unspecified atom stereocenters. The van der Waals surface area contributed by atoms with Crippen LogP contribution in [0.2, 0.25) is 0 Å². The van der Waals surface area contributed by atoms with Crippen molar-refractivity contribution in [1.29, 1.82) is 0 Å². The van der Waals surface area contributed by atoms with Gasteiger partial charge in [0.05, 0.1) is 10.2 Å². The van der Waals surface area contributed by atoms with E-state index in [1.54, 1.807) is 11.3 Å². The molecule has 1 aromatic heterocycles. The average Bonchev–Trinajstić information content (AvgIpc) is 3.18. The number of amides is 1. The first-order valence-electron chi connectivity index (χ1n) is 9.03. The van der Waals surface area contributed by atoms with Crippen molar-refractivity contribution in [2.75, 3.05) is 5.32 Å². The highest BCUT2D eigenvalue weighted by Crippen LogP contribution is 2.31. The quantitative estimate of drug-likeness (QED) is 0.395. The van der Waals surface area contributed by atoms with E-state index in [9.17, 15) is 4.79 Å². The highest BCUT2D eigenvalue weighted by Gasteiger charge is 2.11. The number of aromatic nitrogens is 1. The molecule has 1 amide bonds. The Morgan fingerprint density at radius 2 is 1.61 bits per heavy atom. The molecular weight excluding hydrogens is 364 g/mol. The van der Waals surface area contributed by atoms with Crippen molar-refractivity contribution < 1.29 is 4.79 Å². The number of carbonyl (C=O) groups excluding carboxylic acids is 1. The maximum atomic E-state index is 12.9. The van der Waals surface area contributed by atoms with E-state index in [4.69, 9.17) is 4.98 Å². The Morgan fingerprint density at radius 1 is 0.821 bits per heavy atom. The van der Waals surface area contributed by atoms with Gasteiger partial charge in [-0.15, -0.1) is 11.3 Å². The summed E-state index contributed by atoms with van der Waals surface area (Å²) in [5.74, 6) is -0.113. The summed E-state index contributed by atoms with van der Waals surface area (Å²) in [5.41, 5.74) is 3.42. The van der Waals surface area contributed by atoms with Crippen LogP contribution in [-0.2, 0) is 0 Å². The summed E-state index contributed by atoms with van der Waals surface area (Å²) in [6.45, 7) is 0. The SMILES string of the molecule is O=C(Nc1cccc(-c2nc3ccccc3s2)c1)c1cccc2ccccc12. The third-order valence-electron chi connectivity index (χ3n) is 4.70. The first kappa shape index (κ1) is 16.7. The van der Waals surface area contributed by atoms with Crippen LogP contribution in [0.25, 0.3) is 31.6 Å². The molecule has 0 aliphatic carbocycles. The molecule has 1 heterocycles. The van der Waals surface area contributed by atoms with E-state index in [1.807, 2.05) is 84.9 Å². The van der Waals surface area contributed by atoms with Gasteiger partial charge in [0.25, 0.3) is 5.91 Å². The first-order valence-corrected chi connectivity index (χ1v) is 9.85. The lowest BCUT2D eigenvalue weighted by Crippen LogP contribution is -2.12. The van der Waals surface area contributed by atoms with Gasteiger partial charge in [0.2, 0.25) is 0 Å². The molecule has 0 saturated carbocycles. The van der Waals surface area contributed by atoms with Gasteiger partial charge in [0, 0.05) is 16.8 Å². The van der Waals surface area contributed by atoms with E-state index in [0.29, 0.717) is 5.56 Å². The van der Waals surface area contributed by atoms with Crippen LogP contribution in [0.4, 0.5) is 5.69 Å². The zero-order valence-electron chi connectivity index (χ0n) is 14.9. The predicted octanol–water partition coefficient (Wildman–Crippen LogP) is 6.37. The Morgan fingerprint density at radius 3 is 2.54 bits per heavy atom. The Hall–Kier alpha value is -3.50. The maximum absolute atomic E-state index is 12.9. The summed E-state index contributed by atoms with van der Waals surface area (Å²) in [6.07, 6.45) is 0.